The first-order chi connectivity index (χ1) is 8.17. The number of carbonyl (C=O) groups excluding carboxylic acids is 1. The molecule has 1 rings (SSSR count). The summed E-state index contributed by atoms with van der Waals surface area (Å²) in [6.45, 7) is 0.0384. The minimum atomic E-state index is -0.487. The second-order valence-electron chi connectivity index (χ2n) is 3.54. The summed E-state index contributed by atoms with van der Waals surface area (Å²) in [5.41, 5.74) is 0. The molecule has 1 unspecified atom stereocenters. The van der Waals surface area contributed by atoms with Crippen molar-refractivity contribution in [2.45, 2.75) is 6.42 Å². The van der Waals surface area contributed by atoms with Gasteiger partial charge >= 0.3 is 5.97 Å². The van der Waals surface area contributed by atoms with E-state index in [4.69, 9.17) is 14.9 Å². The number of methoxy groups -OCH3 is 1. The summed E-state index contributed by atoms with van der Waals surface area (Å²) in [6, 6.07) is 6.19. The third-order valence-corrected chi connectivity index (χ3v) is 2.30. The van der Waals surface area contributed by atoms with Gasteiger partial charge in [-0.2, -0.15) is 0 Å². The van der Waals surface area contributed by atoms with Gasteiger partial charge in [0, 0.05) is 6.61 Å². The van der Waals surface area contributed by atoms with Gasteiger partial charge in [0.2, 0.25) is 0 Å². The Labute approximate surface area is 99.6 Å². The first-order valence-corrected chi connectivity index (χ1v) is 5.28. The molecule has 17 heavy (non-hydrogen) atoms. The van der Waals surface area contributed by atoms with E-state index in [0.29, 0.717) is 12.2 Å². The molecule has 0 saturated heterocycles. The molecule has 0 aliphatic heterocycles. The molecule has 0 heterocycles. The first-order valence-electron chi connectivity index (χ1n) is 5.28. The third-order valence-electron chi connectivity index (χ3n) is 2.30. The van der Waals surface area contributed by atoms with Crippen LogP contribution in [0.25, 0.3) is 0 Å². The zero-order chi connectivity index (χ0) is 12.7. The van der Waals surface area contributed by atoms with Crippen LogP contribution in [0.15, 0.2) is 24.3 Å². The van der Waals surface area contributed by atoms with Gasteiger partial charge in [0.05, 0.1) is 13.0 Å². The van der Waals surface area contributed by atoms with E-state index in [0.717, 1.165) is 0 Å². The average Bonchev–Trinajstić information content (AvgIpc) is 2.35. The van der Waals surface area contributed by atoms with Crippen LogP contribution >= 0.6 is 0 Å². The first kappa shape index (κ1) is 13.3. The zero-order valence-corrected chi connectivity index (χ0v) is 9.63. The van der Waals surface area contributed by atoms with E-state index in [-0.39, 0.29) is 19.0 Å². The maximum atomic E-state index is 11.3. The Morgan fingerprint density at radius 2 is 2.00 bits per heavy atom. The molecule has 0 spiro atoms. The molecular weight excluding hydrogens is 224 g/mol. The lowest BCUT2D eigenvalue weighted by Gasteiger charge is -2.14. The minimum absolute atomic E-state index is 0.0985. The van der Waals surface area contributed by atoms with Crippen molar-refractivity contribution in [3.05, 3.63) is 24.3 Å². The van der Waals surface area contributed by atoms with Crippen LogP contribution in [0.2, 0.25) is 0 Å². The van der Waals surface area contributed by atoms with Gasteiger partial charge in [-0.1, -0.05) is 0 Å². The molecule has 5 heteroatoms. The van der Waals surface area contributed by atoms with Gasteiger partial charge in [-0.25, -0.2) is 0 Å². The number of phenols is 1. The molecule has 1 aromatic carbocycles. The van der Waals surface area contributed by atoms with Gasteiger partial charge in [0.15, 0.2) is 0 Å². The monoisotopic (exact) mass is 240 g/mol. The quantitative estimate of drug-likeness (QED) is 0.724. The van der Waals surface area contributed by atoms with E-state index in [9.17, 15) is 4.79 Å². The molecule has 5 nitrogen and oxygen atoms in total. The molecule has 0 aliphatic rings. The Morgan fingerprint density at radius 1 is 1.35 bits per heavy atom. The molecule has 1 aromatic rings. The number of phenolic OH excluding ortho intramolecular Hbond substituents is 1. The highest BCUT2D eigenvalue weighted by molar-refractivity contribution is 5.72. The lowest BCUT2D eigenvalue weighted by atomic mass is 10.1. The lowest BCUT2D eigenvalue weighted by molar-refractivity contribution is -0.147. The van der Waals surface area contributed by atoms with Crippen LogP contribution in [0.4, 0.5) is 0 Å². The van der Waals surface area contributed by atoms with Crippen LogP contribution in [0.5, 0.6) is 11.5 Å². The van der Waals surface area contributed by atoms with Crippen molar-refractivity contribution < 1.29 is 24.5 Å². The van der Waals surface area contributed by atoms with Crippen molar-refractivity contribution in [1.82, 2.24) is 0 Å². The van der Waals surface area contributed by atoms with Crippen LogP contribution in [0.1, 0.15) is 6.42 Å². The summed E-state index contributed by atoms with van der Waals surface area (Å²) in [5, 5.41) is 17.9. The third kappa shape index (κ3) is 4.32. The van der Waals surface area contributed by atoms with Crippen molar-refractivity contribution in [2.75, 3.05) is 20.3 Å². The van der Waals surface area contributed by atoms with E-state index in [1.165, 1.54) is 19.2 Å². The highest BCUT2D eigenvalue weighted by Gasteiger charge is 2.19. The second-order valence-corrected chi connectivity index (χ2v) is 3.54. The van der Waals surface area contributed by atoms with Crippen molar-refractivity contribution >= 4 is 5.97 Å². The summed E-state index contributed by atoms with van der Waals surface area (Å²) in [6.07, 6.45) is 0.296. The molecule has 0 aromatic heterocycles. The van der Waals surface area contributed by atoms with Crippen LogP contribution < -0.4 is 4.74 Å². The number of benzene rings is 1. The SMILES string of the molecule is COC(=O)C(CCO)COc1ccc(O)cc1. The Bertz CT molecular complexity index is 346. The Morgan fingerprint density at radius 3 is 2.53 bits per heavy atom. The van der Waals surface area contributed by atoms with Gasteiger partial charge in [-0.05, 0) is 30.7 Å². The number of rotatable bonds is 6. The summed E-state index contributed by atoms with van der Waals surface area (Å²) in [7, 11) is 1.30. The fraction of sp³-hybridized carbons (Fsp3) is 0.417. The Kier molecular flexibility index (Phi) is 5.29. The van der Waals surface area contributed by atoms with Crippen molar-refractivity contribution in [2.24, 2.45) is 5.92 Å². The number of ether oxygens (including phenoxy) is 2. The number of carbonyl (C=O) groups is 1. The minimum Gasteiger partial charge on any atom is -0.508 e. The van der Waals surface area contributed by atoms with Crippen molar-refractivity contribution in [3.8, 4) is 11.5 Å². The molecule has 0 fully saturated rings. The van der Waals surface area contributed by atoms with Gasteiger partial charge in [0.25, 0.3) is 0 Å². The van der Waals surface area contributed by atoms with Crippen LogP contribution in [0.3, 0.4) is 0 Å². The largest absolute Gasteiger partial charge is 0.508 e. The maximum Gasteiger partial charge on any atom is 0.312 e. The molecule has 0 bridgehead atoms. The topological polar surface area (TPSA) is 76.0 Å². The number of aliphatic hydroxyl groups is 1. The lowest BCUT2D eigenvalue weighted by Crippen LogP contribution is -2.24. The molecule has 1 atom stereocenters. The second kappa shape index (κ2) is 6.75. The summed E-state index contributed by atoms with van der Waals surface area (Å²) in [4.78, 5) is 11.3. The summed E-state index contributed by atoms with van der Waals surface area (Å²) < 4.78 is 9.98. The number of aromatic hydroxyl groups is 1. The van der Waals surface area contributed by atoms with Gasteiger partial charge in [0.1, 0.15) is 18.1 Å². The molecule has 2 N–H and O–H groups in total. The summed E-state index contributed by atoms with van der Waals surface area (Å²) in [5.74, 6) is -0.191. The van der Waals surface area contributed by atoms with Crippen LogP contribution in [-0.2, 0) is 9.53 Å². The normalized spacial score (nSPS) is 11.9. The molecule has 0 saturated carbocycles. The Hall–Kier alpha value is -1.75. The molecular formula is C12H16O5. The van der Waals surface area contributed by atoms with Crippen LogP contribution in [-0.4, -0.2) is 36.5 Å². The highest BCUT2D eigenvalue weighted by Crippen LogP contribution is 2.17. The number of hydrogen-bond donors (Lipinski definition) is 2. The van der Waals surface area contributed by atoms with Crippen LogP contribution in [0, 0.1) is 5.92 Å². The standard InChI is InChI=1S/C12H16O5/c1-16-12(15)9(6-7-13)8-17-11-4-2-10(14)3-5-11/h2-5,9,13-14H,6-8H2,1H3. The van der Waals surface area contributed by atoms with Crippen molar-refractivity contribution in [3.63, 3.8) is 0 Å². The molecule has 0 amide bonds. The van der Waals surface area contributed by atoms with E-state index in [1.807, 2.05) is 0 Å². The number of hydrogen-bond acceptors (Lipinski definition) is 5. The van der Waals surface area contributed by atoms with E-state index >= 15 is 0 Å². The predicted molar refractivity (Wildman–Crippen MR) is 60.8 cm³/mol. The van der Waals surface area contributed by atoms with Gasteiger partial charge in [-0.3, -0.25) is 4.79 Å². The molecule has 0 radical (unpaired) electrons. The highest BCUT2D eigenvalue weighted by atomic mass is 16.5. The maximum absolute atomic E-state index is 11.3. The predicted octanol–water partition coefficient (Wildman–Crippen LogP) is 0.943. The smallest absolute Gasteiger partial charge is 0.312 e. The zero-order valence-electron chi connectivity index (χ0n) is 9.63. The fourth-order valence-corrected chi connectivity index (χ4v) is 1.33. The van der Waals surface area contributed by atoms with Gasteiger partial charge in [-0.15, -0.1) is 0 Å². The van der Waals surface area contributed by atoms with Gasteiger partial charge < -0.3 is 19.7 Å². The fourth-order valence-electron chi connectivity index (χ4n) is 1.33. The number of esters is 1. The van der Waals surface area contributed by atoms with E-state index < -0.39 is 11.9 Å². The van der Waals surface area contributed by atoms with E-state index in [1.54, 1.807) is 12.1 Å². The van der Waals surface area contributed by atoms with E-state index in [2.05, 4.69) is 4.74 Å². The summed E-state index contributed by atoms with van der Waals surface area (Å²) >= 11 is 0. The molecule has 0 aliphatic carbocycles. The average molecular weight is 240 g/mol. The van der Waals surface area contributed by atoms with Crippen molar-refractivity contribution in [1.29, 1.82) is 0 Å². The number of aliphatic hydroxyl groups excluding tert-OH is 1. The molecule has 94 valence electrons. The Balaban J connectivity index is 2.51.